The van der Waals surface area contributed by atoms with E-state index in [1.165, 1.54) is 44.0 Å². The Morgan fingerprint density at radius 2 is 0.942 bits per heavy atom. The molecule has 10 rings (SSSR count). The highest BCUT2D eigenvalue weighted by Crippen LogP contribution is 2.47. The molecule has 1 aromatic heterocycles. The van der Waals surface area contributed by atoms with Crippen molar-refractivity contribution in [1.29, 1.82) is 0 Å². The number of nitrogens with zero attached hydrogens (tertiary/aromatic N) is 1. The fraction of sp³-hybridized carbons (Fsp3) is 0. The third-order valence-electron chi connectivity index (χ3n) is 10.2. The second kappa shape index (κ2) is 12.5. The monoisotopic (exact) mass is 663 g/mol. The molecule has 0 aliphatic heterocycles. The van der Waals surface area contributed by atoms with Crippen molar-refractivity contribution in [3.63, 3.8) is 0 Å². The Kier molecular flexibility index (Phi) is 7.18. The molecule has 52 heavy (non-hydrogen) atoms. The Morgan fingerprint density at radius 3 is 1.73 bits per heavy atom. The van der Waals surface area contributed by atoms with E-state index < -0.39 is 0 Å². The highest BCUT2D eigenvalue weighted by molar-refractivity contribution is 6.22. The summed E-state index contributed by atoms with van der Waals surface area (Å²) in [4.78, 5) is 2.39. The van der Waals surface area contributed by atoms with Crippen molar-refractivity contribution in [1.82, 2.24) is 0 Å². The summed E-state index contributed by atoms with van der Waals surface area (Å²) >= 11 is 0. The zero-order chi connectivity index (χ0) is 34.4. The first kappa shape index (κ1) is 30.0. The van der Waals surface area contributed by atoms with Gasteiger partial charge in [0.25, 0.3) is 0 Å². The van der Waals surface area contributed by atoms with Crippen LogP contribution in [0.15, 0.2) is 205 Å². The predicted octanol–water partition coefficient (Wildman–Crippen LogP) is 14.4. The molecule has 0 spiro atoms. The van der Waals surface area contributed by atoms with Crippen molar-refractivity contribution in [2.24, 2.45) is 0 Å². The van der Waals surface area contributed by atoms with Crippen LogP contribution in [0.5, 0.6) is 0 Å². The molecule has 1 heterocycles. The zero-order valence-corrected chi connectivity index (χ0v) is 28.4. The second-order valence-corrected chi connectivity index (χ2v) is 13.3. The lowest BCUT2D eigenvalue weighted by Gasteiger charge is -2.27. The fourth-order valence-corrected chi connectivity index (χ4v) is 7.73. The molecule has 2 heteroatoms. The maximum atomic E-state index is 6.80. The maximum Gasteiger partial charge on any atom is 0.143 e. The van der Waals surface area contributed by atoms with Crippen molar-refractivity contribution in [3.05, 3.63) is 200 Å². The molecule has 9 aromatic carbocycles. The van der Waals surface area contributed by atoms with Gasteiger partial charge in [-0.15, -0.1) is 0 Å². The minimum absolute atomic E-state index is 0.862. The van der Waals surface area contributed by atoms with Gasteiger partial charge in [-0.05, 0) is 92.0 Å². The third-order valence-corrected chi connectivity index (χ3v) is 10.2. The highest BCUT2D eigenvalue weighted by Gasteiger charge is 2.22. The van der Waals surface area contributed by atoms with Crippen molar-refractivity contribution < 1.29 is 4.42 Å². The van der Waals surface area contributed by atoms with E-state index >= 15 is 0 Å². The Morgan fingerprint density at radius 1 is 0.346 bits per heavy atom. The molecule has 0 aliphatic carbocycles. The van der Waals surface area contributed by atoms with Gasteiger partial charge in [0, 0.05) is 22.1 Å². The first-order chi connectivity index (χ1) is 25.8. The first-order valence-electron chi connectivity index (χ1n) is 17.8. The molecule has 0 unspecified atom stereocenters. The molecule has 244 valence electrons. The predicted molar refractivity (Wildman–Crippen MR) is 220 cm³/mol. The molecular formula is C50H33NO. The van der Waals surface area contributed by atoms with Crippen LogP contribution in [0.1, 0.15) is 0 Å². The van der Waals surface area contributed by atoms with E-state index in [9.17, 15) is 0 Å². The van der Waals surface area contributed by atoms with Gasteiger partial charge in [-0.3, -0.25) is 0 Å². The summed E-state index contributed by atoms with van der Waals surface area (Å²) < 4.78 is 6.80. The lowest BCUT2D eigenvalue weighted by molar-refractivity contribution is 0.672. The summed E-state index contributed by atoms with van der Waals surface area (Å²) in [5, 5.41) is 6.88. The van der Waals surface area contributed by atoms with Crippen molar-refractivity contribution in [2.45, 2.75) is 0 Å². The molecule has 0 saturated heterocycles. The molecule has 0 N–H and O–H groups in total. The van der Waals surface area contributed by atoms with Crippen LogP contribution in [0, 0.1) is 0 Å². The van der Waals surface area contributed by atoms with E-state index in [1.807, 2.05) is 0 Å². The van der Waals surface area contributed by atoms with E-state index in [0.717, 1.165) is 50.0 Å². The molecule has 0 radical (unpaired) electrons. The van der Waals surface area contributed by atoms with Gasteiger partial charge in [-0.25, -0.2) is 0 Å². The number of furan rings is 1. The molecule has 0 atom stereocenters. The number of rotatable bonds is 6. The van der Waals surface area contributed by atoms with Gasteiger partial charge in [-0.1, -0.05) is 158 Å². The maximum absolute atomic E-state index is 6.80. The van der Waals surface area contributed by atoms with Gasteiger partial charge in [0.2, 0.25) is 0 Å². The second-order valence-electron chi connectivity index (χ2n) is 13.3. The third kappa shape index (κ3) is 5.12. The van der Waals surface area contributed by atoms with Crippen LogP contribution in [0.25, 0.3) is 76.9 Å². The fourth-order valence-electron chi connectivity index (χ4n) is 7.73. The Bertz CT molecular complexity index is 2890. The van der Waals surface area contributed by atoms with Gasteiger partial charge in [0.15, 0.2) is 0 Å². The summed E-state index contributed by atoms with van der Waals surface area (Å²) in [5.41, 5.74) is 12.1. The van der Waals surface area contributed by atoms with Gasteiger partial charge in [0.05, 0.1) is 11.1 Å². The summed E-state index contributed by atoms with van der Waals surface area (Å²) in [5.74, 6) is 0. The Labute approximate surface area is 302 Å². The average Bonchev–Trinajstić information content (AvgIpc) is 3.61. The Balaban J connectivity index is 1.20. The molecule has 2 nitrogen and oxygen atoms in total. The van der Waals surface area contributed by atoms with E-state index in [2.05, 4.69) is 205 Å². The summed E-state index contributed by atoms with van der Waals surface area (Å²) in [7, 11) is 0. The van der Waals surface area contributed by atoms with Crippen LogP contribution in [0.3, 0.4) is 0 Å². The Hall–Kier alpha value is -6.90. The average molecular weight is 664 g/mol. The van der Waals surface area contributed by atoms with E-state index in [4.69, 9.17) is 4.42 Å². The van der Waals surface area contributed by atoms with Crippen LogP contribution in [0.4, 0.5) is 17.1 Å². The van der Waals surface area contributed by atoms with Crippen LogP contribution in [0.2, 0.25) is 0 Å². The molecule has 0 fully saturated rings. The summed E-state index contributed by atoms with van der Waals surface area (Å²) in [6.07, 6.45) is 0. The van der Waals surface area contributed by atoms with Crippen molar-refractivity contribution >= 4 is 60.5 Å². The minimum atomic E-state index is 0.862. The number of hydrogen-bond acceptors (Lipinski definition) is 2. The molecule has 10 aromatic rings. The van der Waals surface area contributed by atoms with Crippen molar-refractivity contribution in [3.8, 4) is 33.4 Å². The van der Waals surface area contributed by atoms with E-state index in [0.29, 0.717) is 0 Å². The van der Waals surface area contributed by atoms with E-state index in [-0.39, 0.29) is 0 Å². The molecular weight excluding hydrogens is 631 g/mol. The van der Waals surface area contributed by atoms with Gasteiger partial charge >= 0.3 is 0 Å². The molecule has 0 saturated carbocycles. The van der Waals surface area contributed by atoms with Crippen LogP contribution >= 0.6 is 0 Å². The van der Waals surface area contributed by atoms with Gasteiger partial charge < -0.3 is 9.32 Å². The molecule has 0 amide bonds. The number of benzene rings is 9. The minimum Gasteiger partial charge on any atom is -0.455 e. The smallest absolute Gasteiger partial charge is 0.143 e. The van der Waals surface area contributed by atoms with Gasteiger partial charge in [0.1, 0.15) is 11.2 Å². The zero-order valence-electron chi connectivity index (χ0n) is 28.4. The number of hydrogen-bond donors (Lipinski definition) is 0. The molecule has 0 bridgehead atoms. The first-order valence-corrected chi connectivity index (χ1v) is 17.8. The largest absolute Gasteiger partial charge is 0.455 e. The highest BCUT2D eigenvalue weighted by atomic mass is 16.3. The van der Waals surface area contributed by atoms with Crippen molar-refractivity contribution in [2.75, 3.05) is 4.90 Å². The van der Waals surface area contributed by atoms with E-state index in [1.54, 1.807) is 0 Å². The lowest BCUT2D eigenvalue weighted by atomic mass is 9.95. The lowest BCUT2D eigenvalue weighted by Crippen LogP contribution is -2.10. The molecule has 0 aliphatic rings. The van der Waals surface area contributed by atoms with Gasteiger partial charge in [-0.2, -0.15) is 0 Å². The van der Waals surface area contributed by atoms with Crippen LogP contribution < -0.4 is 4.90 Å². The standard InChI is InChI=1S/C50H33NO/c1-3-13-34(14-4-1)36-25-27-37(28-26-36)40-19-11-20-41(31-40)51(42-30-29-35-15-7-8-18-39(35)32-42)47-23-12-24-48-49(47)46-33-45(38-16-5-2-6-17-38)43-21-9-10-22-44(43)50(46)52-48/h1-33H. The number of fused-ring (bicyclic) bond motifs is 6. The summed E-state index contributed by atoms with van der Waals surface area (Å²) in [6.45, 7) is 0. The quantitative estimate of drug-likeness (QED) is 0.176. The number of anilines is 3. The van der Waals surface area contributed by atoms with Crippen LogP contribution in [-0.2, 0) is 0 Å². The van der Waals surface area contributed by atoms with Crippen LogP contribution in [-0.4, -0.2) is 0 Å². The summed E-state index contributed by atoms with van der Waals surface area (Å²) in [6, 6.07) is 71.6. The normalized spacial score (nSPS) is 11.5. The SMILES string of the molecule is c1ccc(-c2ccc(-c3cccc(N(c4ccc5ccccc5c4)c4cccc5oc6c7ccccc7c(-c7ccccc7)cc6c45)c3)cc2)cc1. The topological polar surface area (TPSA) is 16.4 Å².